The summed E-state index contributed by atoms with van der Waals surface area (Å²) >= 11 is 24.9. The van der Waals surface area contributed by atoms with E-state index >= 15 is 0 Å². The second kappa shape index (κ2) is 13.0. The maximum absolute atomic E-state index is 14.0. The standard InChI is InChI=1S/C28H29Cl4N3O4S/c1-18(27(37)33-28(2,3)4)34(16-19-10-12-22(30)24(32)14-19)26(36)17-35(25-15-20(29)11-13-23(25)31)40(38,39)21-8-6-5-7-9-21/h5-15,18H,16-17H2,1-4H3,(H,33,37)/t18-/m0/s1. The maximum Gasteiger partial charge on any atom is 0.264 e. The van der Waals surface area contributed by atoms with Gasteiger partial charge in [0.1, 0.15) is 12.6 Å². The number of halogens is 4. The van der Waals surface area contributed by atoms with Gasteiger partial charge in [-0.2, -0.15) is 0 Å². The van der Waals surface area contributed by atoms with Crippen molar-refractivity contribution in [3.63, 3.8) is 0 Å². The van der Waals surface area contributed by atoms with Crippen LogP contribution in [-0.2, 0) is 26.2 Å². The van der Waals surface area contributed by atoms with Crippen molar-refractivity contribution in [1.29, 1.82) is 0 Å². The molecular formula is C28H29Cl4N3O4S. The Morgan fingerprint density at radius 3 is 2.10 bits per heavy atom. The van der Waals surface area contributed by atoms with Gasteiger partial charge in [-0.3, -0.25) is 13.9 Å². The Hall–Kier alpha value is -2.49. The number of hydrogen-bond acceptors (Lipinski definition) is 4. The first-order valence-electron chi connectivity index (χ1n) is 12.2. The number of nitrogens with one attached hydrogen (secondary N) is 1. The lowest BCUT2D eigenvalue weighted by Gasteiger charge is -2.33. The van der Waals surface area contributed by atoms with Crippen LogP contribution < -0.4 is 9.62 Å². The molecule has 7 nitrogen and oxygen atoms in total. The van der Waals surface area contributed by atoms with E-state index in [-0.39, 0.29) is 32.2 Å². The Balaban J connectivity index is 2.08. The van der Waals surface area contributed by atoms with E-state index in [9.17, 15) is 18.0 Å². The summed E-state index contributed by atoms with van der Waals surface area (Å²) in [6.07, 6.45) is 0. The van der Waals surface area contributed by atoms with Crippen molar-refractivity contribution >= 4 is 73.9 Å². The predicted octanol–water partition coefficient (Wildman–Crippen LogP) is 6.83. The number of nitrogens with zero attached hydrogens (tertiary/aromatic N) is 2. The summed E-state index contributed by atoms with van der Waals surface area (Å²) in [5.74, 6) is -1.07. The molecule has 3 aromatic carbocycles. The van der Waals surface area contributed by atoms with Crippen LogP contribution in [0.3, 0.4) is 0 Å². The van der Waals surface area contributed by atoms with Gasteiger partial charge in [0.25, 0.3) is 10.0 Å². The van der Waals surface area contributed by atoms with Gasteiger partial charge in [-0.1, -0.05) is 70.7 Å². The first kappa shape index (κ1) is 32.0. The fraction of sp³-hybridized carbons (Fsp3) is 0.286. The molecule has 214 valence electrons. The van der Waals surface area contributed by atoms with Crippen LogP contribution in [0.25, 0.3) is 0 Å². The zero-order chi connectivity index (χ0) is 29.8. The molecular weight excluding hydrogens is 616 g/mol. The second-order valence-corrected chi connectivity index (χ2v) is 13.6. The van der Waals surface area contributed by atoms with Gasteiger partial charge in [-0.25, -0.2) is 8.42 Å². The van der Waals surface area contributed by atoms with Crippen molar-refractivity contribution in [3.8, 4) is 0 Å². The van der Waals surface area contributed by atoms with Crippen LogP contribution in [0, 0.1) is 0 Å². The smallest absolute Gasteiger partial charge is 0.264 e. The normalized spacial score (nSPS) is 12.5. The lowest BCUT2D eigenvalue weighted by molar-refractivity contribution is -0.140. The third kappa shape index (κ3) is 8.04. The molecule has 0 unspecified atom stereocenters. The van der Waals surface area contributed by atoms with E-state index in [1.807, 2.05) is 20.8 Å². The van der Waals surface area contributed by atoms with Crippen LogP contribution in [0.5, 0.6) is 0 Å². The van der Waals surface area contributed by atoms with E-state index in [1.54, 1.807) is 43.3 Å². The molecule has 0 saturated heterocycles. The molecule has 0 aliphatic rings. The van der Waals surface area contributed by atoms with Crippen LogP contribution in [-0.4, -0.2) is 43.3 Å². The summed E-state index contributed by atoms with van der Waals surface area (Å²) in [6.45, 7) is 6.32. The van der Waals surface area contributed by atoms with Gasteiger partial charge in [0.2, 0.25) is 11.8 Å². The number of anilines is 1. The van der Waals surface area contributed by atoms with E-state index in [0.717, 1.165) is 4.31 Å². The van der Waals surface area contributed by atoms with Crippen LogP contribution in [0.4, 0.5) is 5.69 Å². The number of carbonyl (C=O) groups excluding carboxylic acids is 2. The molecule has 1 atom stereocenters. The highest BCUT2D eigenvalue weighted by atomic mass is 35.5. The van der Waals surface area contributed by atoms with Gasteiger partial charge in [0.05, 0.1) is 25.7 Å². The first-order valence-corrected chi connectivity index (χ1v) is 15.1. The average molecular weight is 645 g/mol. The van der Waals surface area contributed by atoms with Crippen LogP contribution >= 0.6 is 46.4 Å². The van der Waals surface area contributed by atoms with Gasteiger partial charge < -0.3 is 10.2 Å². The number of benzene rings is 3. The molecule has 3 rings (SSSR count). The minimum atomic E-state index is -4.28. The molecule has 0 radical (unpaired) electrons. The molecule has 0 heterocycles. The van der Waals surface area contributed by atoms with Crippen molar-refractivity contribution < 1.29 is 18.0 Å². The van der Waals surface area contributed by atoms with Gasteiger partial charge in [0.15, 0.2) is 0 Å². The zero-order valence-electron chi connectivity index (χ0n) is 22.3. The molecule has 3 aromatic rings. The molecule has 12 heteroatoms. The highest BCUT2D eigenvalue weighted by molar-refractivity contribution is 7.92. The molecule has 2 amide bonds. The van der Waals surface area contributed by atoms with Crippen LogP contribution in [0.2, 0.25) is 20.1 Å². The van der Waals surface area contributed by atoms with Crippen LogP contribution in [0.15, 0.2) is 71.6 Å². The molecule has 0 aliphatic heterocycles. The topological polar surface area (TPSA) is 86.8 Å². The Kier molecular flexibility index (Phi) is 10.4. The summed E-state index contributed by atoms with van der Waals surface area (Å²) < 4.78 is 28.6. The van der Waals surface area contributed by atoms with Crippen molar-refractivity contribution in [2.24, 2.45) is 0 Å². The minimum absolute atomic E-state index is 0.0210. The molecule has 0 aliphatic carbocycles. The number of carbonyl (C=O) groups is 2. The predicted molar refractivity (Wildman–Crippen MR) is 162 cm³/mol. The van der Waals surface area contributed by atoms with Crippen molar-refractivity contribution in [1.82, 2.24) is 10.2 Å². The Morgan fingerprint density at radius 2 is 1.50 bits per heavy atom. The quantitative estimate of drug-likeness (QED) is 0.277. The van der Waals surface area contributed by atoms with E-state index in [1.165, 1.54) is 35.2 Å². The van der Waals surface area contributed by atoms with Gasteiger partial charge >= 0.3 is 0 Å². The summed E-state index contributed by atoms with van der Waals surface area (Å²) in [6, 6.07) is 15.9. The summed E-state index contributed by atoms with van der Waals surface area (Å²) in [7, 11) is -4.28. The molecule has 40 heavy (non-hydrogen) atoms. The van der Waals surface area contributed by atoms with Crippen molar-refractivity contribution in [2.45, 2.75) is 50.7 Å². The Labute approximate surface area is 255 Å². The molecule has 0 bridgehead atoms. The summed E-state index contributed by atoms with van der Waals surface area (Å²) in [5, 5.41) is 3.78. The Morgan fingerprint density at radius 1 is 0.875 bits per heavy atom. The number of hydrogen-bond donors (Lipinski definition) is 1. The van der Waals surface area contributed by atoms with Crippen molar-refractivity contribution in [3.05, 3.63) is 92.4 Å². The average Bonchev–Trinajstić information content (AvgIpc) is 2.88. The van der Waals surface area contributed by atoms with Crippen molar-refractivity contribution in [2.75, 3.05) is 10.8 Å². The number of sulfonamides is 1. The van der Waals surface area contributed by atoms with E-state index in [0.29, 0.717) is 10.6 Å². The van der Waals surface area contributed by atoms with E-state index < -0.39 is 40.0 Å². The lowest BCUT2D eigenvalue weighted by Crippen LogP contribution is -2.54. The number of amides is 2. The first-order chi connectivity index (χ1) is 18.6. The van der Waals surface area contributed by atoms with Crippen LogP contribution in [0.1, 0.15) is 33.3 Å². The monoisotopic (exact) mass is 643 g/mol. The zero-order valence-corrected chi connectivity index (χ0v) is 26.1. The molecule has 0 fully saturated rings. The maximum atomic E-state index is 14.0. The third-order valence-corrected chi connectivity index (χ3v) is 8.86. The van der Waals surface area contributed by atoms with Gasteiger partial charge in [0, 0.05) is 17.1 Å². The van der Waals surface area contributed by atoms with Gasteiger partial charge in [-0.05, 0) is 75.7 Å². The SMILES string of the molecule is C[C@@H](C(=O)NC(C)(C)C)N(Cc1ccc(Cl)c(Cl)c1)C(=O)CN(c1cc(Cl)ccc1Cl)S(=O)(=O)c1ccccc1. The highest BCUT2D eigenvalue weighted by Gasteiger charge is 2.34. The fourth-order valence-corrected chi connectivity index (χ4v) is 6.00. The highest BCUT2D eigenvalue weighted by Crippen LogP contribution is 2.33. The molecule has 1 N–H and O–H groups in total. The molecule has 0 saturated carbocycles. The summed E-state index contributed by atoms with van der Waals surface area (Å²) in [5.41, 5.74) is 0.0461. The largest absolute Gasteiger partial charge is 0.350 e. The fourth-order valence-electron chi connectivity index (χ4n) is 3.80. The minimum Gasteiger partial charge on any atom is -0.350 e. The molecule has 0 aromatic heterocycles. The second-order valence-electron chi connectivity index (χ2n) is 10.1. The third-order valence-electron chi connectivity index (χ3n) is 5.79. The van der Waals surface area contributed by atoms with E-state index in [2.05, 4.69) is 5.32 Å². The lowest BCUT2D eigenvalue weighted by atomic mass is 10.1. The van der Waals surface area contributed by atoms with Gasteiger partial charge in [-0.15, -0.1) is 0 Å². The number of rotatable bonds is 9. The Bertz CT molecular complexity index is 1500. The summed E-state index contributed by atoms with van der Waals surface area (Å²) in [4.78, 5) is 28.4. The van der Waals surface area contributed by atoms with E-state index in [4.69, 9.17) is 46.4 Å². The molecule has 0 spiro atoms.